The van der Waals surface area contributed by atoms with Gasteiger partial charge in [-0.15, -0.1) is 0 Å². The standard InChI is InChI=1S/C25H27FN2O2/c1-28(18-24(29)27-17-16-19-8-14-23(30-2)15-9-19)25(20-6-4-3-5-7-20)21-10-12-22(26)13-11-21/h3-15,25H,16-18H2,1-2H3,(H,27,29). The number of nitrogens with one attached hydrogen (secondary N) is 1. The third-order valence-electron chi connectivity index (χ3n) is 5.03. The van der Waals surface area contributed by atoms with Crippen LogP contribution in [0.15, 0.2) is 78.9 Å². The molecule has 3 aromatic carbocycles. The van der Waals surface area contributed by atoms with Crippen molar-refractivity contribution in [1.29, 1.82) is 0 Å². The minimum Gasteiger partial charge on any atom is -0.497 e. The van der Waals surface area contributed by atoms with Crippen LogP contribution in [0.25, 0.3) is 0 Å². The van der Waals surface area contributed by atoms with E-state index in [1.807, 2.05) is 66.5 Å². The quantitative estimate of drug-likeness (QED) is 0.579. The lowest BCUT2D eigenvalue weighted by atomic mass is 9.97. The highest BCUT2D eigenvalue weighted by molar-refractivity contribution is 5.78. The first-order chi connectivity index (χ1) is 14.6. The van der Waals surface area contributed by atoms with Gasteiger partial charge in [-0.3, -0.25) is 9.69 Å². The molecule has 0 fully saturated rings. The minimum absolute atomic E-state index is 0.0472. The number of ether oxygens (including phenoxy) is 1. The van der Waals surface area contributed by atoms with Crippen molar-refractivity contribution in [3.63, 3.8) is 0 Å². The highest BCUT2D eigenvalue weighted by Crippen LogP contribution is 2.27. The molecule has 156 valence electrons. The number of benzene rings is 3. The molecule has 0 spiro atoms. The van der Waals surface area contributed by atoms with Gasteiger partial charge in [0.1, 0.15) is 11.6 Å². The van der Waals surface area contributed by atoms with Gasteiger partial charge >= 0.3 is 0 Å². The van der Waals surface area contributed by atoms with Crippen LogP contribution < -0.4 is 10.1 Å². The van der Waals surface area contributed by atoms with Crippen molar-refractivity contribution >= 4 is 5.91 Å². The van der Waals surface area contributed by atoms with Gasteiger partial charge in [-0.05, 0) is 54.4 Å². The molecule has 1 unspecified atom stereocenters. The fourth-order valence-corrected chi connectivity index (χ4v) is 3.49. The van der Waals surface area contributed by atoms with E-state index in [-0.39, 0.29) is 24.3 Å². The highest BCUT2D eigenvalue weighted by Gasteiger charge is 2.21. The smallest absolute Gasteiger partial charge is 0.234 e. The molecule has 0 bridgehead atoms. The Kier molecular flexibility index (Phi) is 7.57. The van der Waals surface area contributed by atoms with Crippen molar-refractivity contribution in [2.24, 2.45) is 0 Å². The predicted molar refractivity (Wildman–Crippen MR) is 117 cm³/mol. The van der Waals surface area contributed by atoms with Crippen LogP contribution in [0.5, 0.6) is 5.75 Å². The molecule has 0 aliphatic rings. The van der Waals surface area contributed by atoms with E-state index in [9.17, 15) is 9.18 Å². The van der Waals surface area contributed by atoms with Crippen LogP contribution in [0.2, 0.25) is 0 Å². The van der Waals surface area contributed by atoms with E-state index in [1.165, 1.54) is 12.1 Å². The maximum atomic E-state index is 13.4. The molecule has 0 heterocycles. The lowest BCUT2D eigenvalue weighted by molar-refractivity contribution is -0.122. The number of likely N-dealkylation sites (N-methyl/N-ethyl adjacent to an activating group) is 1. The Bertz CT molecular complexity index is 928. The molecule has 3 rings (SSSR count). The summed E-state index contributed by atoms with van der Waals surface area (Å²) in [6.07, 6.45) is 0.750. The van der Waals surface area contributed by atoms with Crippen LogP contribution in [0.3, 0.4) is 0 Å². The van der Waals surface area contributed by atoms with Gasteiger partial charge in [-0.25, -0.2) is 4.39 Å². The number of nitrogens with zero attached hydrogens (tertiary/aromatic N) is 1. The number of carbonyl (C=O) groups is 1. The molecule has 0 aliphatic heterocycles. The summed E-state index contributed by atoms with van der Waals surface area (Å²) in [5.74, 6) is 0.496. The van der Waals surface area contributed by atoms with Gasteiger partial charge in [0.25, 0.3) is 0 Å². The van der Waals surface area contributed by atoms with E-state index in [4.69, 9.17) is 4.74 Å². The van der Waals surface area contributed by atoms with E-state index < -0.39 is 0 Å². The summed E-state index contributed by atoms with van der Waals surface area (Å²) in [4.78, 5) is 14.5. The molecule has 30 heavy (non-hydrogen) atoms. The summed E-state index contributed by atoms with van der Waals surface area (Å²) in [7, 11) is 3.55. The summed E-state index contributed by atoms with van der Waals surface area (Å²) >= 11 is 0. The molecule has 4 nitrogen and oxygen atoms in total. The molecule has 1 N–H and O–H groups in total. The number of methoxy groups -OCH3 is 1. The second-order valence-electron chi connectivity index (χ2n) is 7.23. The number of halogens is 1. The third kappa shape index (κ3) is 5.91. The second-order valence-corrected chi connectivity index (χ2v) is 7.23. The molecule has 3 aromatic rings. The molecule has 0 radical (unpaired) electrons. The zero-order chi connectivity index (χ0) is 21.3. The molecule has 1 atom stereocenters. The maximum absolute atomic E-state index is 13.4. The summed E-state index contributed by atoms with van der Waals surface area (Å²) in [6.45, 7) is 0.797. The summed E-state index contributed by atoms with van der Waals surface area (Å²) in [5.41, 5.74) is 3.13. The fourth-order valence-electron chi connectivity index (χ4n) is 3.49. The second kappa shape index (κ2) is 10.6. The molecular weight excluding hydrogens is 379 g/mol. The Morgan fingerprint density at radius 2 is 1.60 bits per heavy atom. The van der Waals surface area contributed by atoms with E-state index in [0.29, 0.717) is 6.54 Å². The number of rotatable bonds is 9. The van der Waals surface area contributed by atoms with Crippen molar-refractivity contribution in [2.75, 3.05) is 27.2 Å². The van der Waals surface area contributed by atoms with Gasteiger partial charge in [-0.1, -0.05) is 54.6 Å². The van der Waals surface area contributed by atoms with E-state index in [0.717, 1.165) is 28.9 Å². The average Bonchev–Trinajstić information content (AvgIpc) is 2.76. The Hall–Kier alpha value is -3.18. The van der Waals surface area contributed by atoms with Crippen molar-refractivity contribution in [3.05, 3.63) is 101 Å². The van der Waals surface area contributed by atoms with E-state index >= 15 is 0 Å². The molecule has 5 heteroatoms. The van der Waals surface area contributed by atoms with Gasteiger partial charge in [-0.2, -0.15) is 0 Å². The molecule has 0 aliphatic carbocycles. The number of hydrogen-bond acceptors (Lipinski definition) is 3. The Morgan fingerprint density at radius 3 is 2.23 bits per heavy atom. The normalized spacial score (nSPS) is 11.9. The topological polar surface area (TPSA) is 41.6 Å². The first-order valence-corrected chi connectivity index (χ1v) is 9.97. The average molecular weight is 407 g/mol. The van der Waals surface area contributed by atoms with Crippen molar-refractivity contribution in [1.82, 2.24) is 10.2 Å². The molecule has 0 saturated heterocycles. The van der Waals surface area contributed by atoms with E-state index in [2.05, 4.69) is 5.32 Å². The fraction of sp³-hybridized carbons (Fsp3) is 0.240. The summed E-state index contributed by atoms with van der Waals surface area (Å²) in [5, 5.41) is 2.99. The Labute approximate surface area is 177 Å². The zero-order valence-corrected chi connectivity index (χ0v) is 17.3. The highest BCUT2D eigenvalue weighted by atomic mass is 19.1. The SMILES string of the molecule is COc1ccc(CCNC(=O)CN(C)C(c2ccccc2)c2ccc(F)cc2)cc1. The Morgan fingerprint density at radius 1 is 0.967 bits per heavy atom. The maximum Gasteiger partial charge on any atom is 0.234 e. The summed E-state index contributed by atoms with van der Waals surface area (Å²) < 4.78 is 18.6. The number of hydrogen-bond donors (Lipinski definition) is 1. The zero-order valence-electron chi connectivity index (χ0n) is 17.3. The van der Waals surface area contributed by atoms with E-state index in [1.54, 1.807) is 19.2 Å². The molecule has 1 amide bonds. The number of amides is 1. The van der Waals surface area contributed by atoms with Crippen LogP contribution in [-0.2, 0) is 11.2 Å². The van der Waals surface area contributed by atoms with Crippen molar-refractivity contribution in [2.45, 2.75) is 12.5 Å². The number of carbonyl (C=O) groups excluding carboxylic acids is 1. The molecule has 0 aromatic heterocycles. The summed E-state index contributed by atoms with van der Waals surface area (Å²) in [6, 6.07) is 24.1. The van der Waals surface area contributed by atoms with Crippen LogP contribution in [0.1, 0.15) is 22.7 Å². The predicted octanol–water partition coefficient (Wildman–Crippen LogP) is 4.21. The van der Waals surface area contributed by atoms with Crippen LogP contribution in [0, 0.1) is 5.82 Å². The van der Waals surface area contributed by atoms with Crippen molar-refractivity contribution in [3.8, 4) is 5.75 Å². The molecular formula is C25H27FN2O2. The van der Waals surface area contributed by atoms with Gasteiger partial charge in [0, 0.05) is 6.54 Å². The lowest BCUT2D eigenvalue weighted by Crippen LogP contribution is -2.38. The van der Waals surface area contributed by atoms with Crippen LogP contribution in [0.4, 0.5) is 4.39 Å². The monoisotopic (exact) mass is 406 g/mol. The van der Waals surface area contributed by atoms with Crippen LogP contribution in [-0.4, -0.2) is 38.1 Å². The Balaban J connectivity index is 1.61. The van der Waals surface area contributed by atoms with Gasteiger partial charge in [0.05, 0.1) is 19.7 Å². The third-order valence-corrected chi connectivity index (χ3v) is 5.03. The van der Waals surface area contributed by atoms with Gasteiger partial charge < -0.3 is 10.1 Å². The van der Waals surface area contributed by atoms with Gasteiger partial charge in [0.15, 0.2) is 0 Å². The first-order valence-electron chi connectivity index (χ1n) is 9.97. The first kappa shape index (κ1) is 21.5. The van der Waals surface area contributed by atoms with Crippen LogP contribution >= 0.6 is 0 Å². The van der Waals surface area contributed by atoms with Gasteiger partial charge in [0.2, 0.25) is 5.91 Å². The van der Waals surface area contributed by atoms with Crippen molar-refractivity contribution < 1.29 is 13.9 Å². The lowest BCUT2D eigenvalue weighted by Gasteiger charge is -2.28. The largest absolute Gasteiger partial charge is 0.497 e. The minimum atomic E-state index is -0.274. The molecule has 0 saturated carbocycles.